The van der Waals surface area contributed by atoms with Crippen molar-refractivity contribution in [3.63, 3.8) is 0 Å². The van der Waals surface area contributed by atoms with Gasteiger partial charge in [0, 0.05) is 32.3 Å². The Balaban J connectivity index is 1.84. The van der Waals surface area contributed by atoms with E-state index in [1.54, 1.807) is 24.1 Å². The number of phenolic OH excluding ortho intramolecular Hbond substituents is 1. The Kier molecular flexibility index (Phi) is 4.76. The van der Waals surface area contributed by atoms with Gasteiger partial charge >= 0.3 is 0 Å². The van der Waals surface area contributed by atoms with E-state index in [9.17, 15) is 14.7 Å². The lowest BCUT2D eigenvalue weighted by Crippen LogP contribution is -2.61. The number of piperidine rings is 1. The summed E-state index contributed by atoms with van der Waals surface area (Å²) in [6, 6.07) is 6.23. The van der Waals surface area contributed by atoms with E-state index in [0.717, 1.165) is 32.2 Å². The smallest absolute Gasteiger partial charge is 0.254 e. The summed E-state index contributed by atoms with van der Waals surface area (Å²) in [4.78, 5) is 29.6. The van der Waals surface area contributed by atoms with Crippen LogP contribution in [0.2, 0.25) is 0 Å². The lowest BCUT2D eigenvalue weighted by Gasteiger charge is -2.44. The molecule has 2 aliphatic heterocycles. The molecule has 0 aliphatic carbocycles. The van der Waals surface area contributed by atoms with Crippen molar-refractivity contribution in [2.75, 3.05) is 33.4 Å². The fourth-order valence-corrected chi connectivity index (χ4v) is 3.90. The number of hydrogen-bond donors (Lipinski definition) is 1. The molecule has 3 rings (SSSR count). The number of carbonyl (C=O) groups excluding carboxylic acids is 2. The number of phenols is 1. The number of aromatic hydroxyl groups is 1. The van der Waals surface area contributed by atoms with E-state index in [0.29, 0.717) is 25.3 Å². The maximum Gasteiger partial charge on any atom is 0.254 e. The van der Waals surface area contributed by atoms with Crippen LogP contribution in [0.4, 0.5) is 0 Å². The summed E-state index contributed by atoms with van der Waals surface area (Å²) >= 11 is 0. The largest absolute Gasteiger partial charge is 0.508 e. The summed E-state index contributed by atoms with van der Waals surface area (Å²) in [6.07, 6.45) is 3.18. The van der Waals surface area contributed by atoms with Gasteiger partial charge in [0.15, 0.2) is 0 Å². The zero-order valence-corrected chi connectivity index (χ0v) is 14.0. The monoisotopic (exact) mass is 332 g/mol. The lowest BCUT2D eigenvalue weighted by molar-refractivity contribution is -0.146. The molecule has 24 heavy (non-hydrogen) atoms. The number of benzene rings is 1. The number of likely N-dealkylation sites (tertiary alicyclic amines) is 2. The normalized spacial score (nSPS) is 24.0. The molecule has 2 amide bonds. The third kappa shape index (κ3) is 2.86. The quantitative estimate of drug-likeness (QED) is 0.910. The minimum Gasteiger partial charge on any atom is -0.508 e. The van der Waals surface area contributed by atoms with Crippen LogP contribution in [0, 0.1) is 0 Å². The number of ether oxygens (including phenoxy) is 1. The van der Waals surface area contributed by atoms with E-state index < -0.39 is 5.54 Å². The van der Waals surface area contributed by atoms with Crippen LogP contribution in [0.1, 0.15) is 36.0 Å². The summed E-state index contributed by atoms with van der Waals surface area (Å²) < 4.78 is 5.10. The van der Waals surface area contributed by atoms with Gasteiger partial charge in [0.1, 0.15) is 11.3 Å². The minimum atomic E-state index is -0.707. The highest BCUT2D eigenvalue weighted by Crippen LogP contribution is 2.39. The van der Waals surface area contributed by atoms with E-state index in [1.807, 2.05) is 4.90 Å². The molecule has 1 aromatic carbocycles. The van der Waals surface area contributed by atoms with Crippen molar-refractivity contribution in [2.24, 2.45) is 0 Å². The van der Waals surface area contributed by atoms with Crippen LogP contribution in [-0.2, 0) is 9.53 Å². The average molecular weight is 332 g/mol. The van der Waals surface area contributed by atoms with Crippen LogP contribution in [-0.4, -0.2) is 65.6 Å². The summed E-state index contributed by atoms with van der Waals surface area (Å²) in [6.45, 7) is 2.40. The topological polar surface area (TPSA) is 70.1 Å². The third-order valence-corrected chi connectivity index (χ3v) is 5.12. The maximum atomic E-state index is 13.1. The number of hydrogen-bond acceptors (Lipinski definition) is 4. The molecule has 2 aliphatic rings. The highest BCUT2D eigenvalue weighted by Gasteiger charge is 2.52. The van der Waals surface area contributed by atoms with Gasteiger partial charge in [0.2, 0.25) is 5.91 Å². The van der Waals surface area contributed by atoms with Crippen LogP contribution in [0.15, 0.2) is 24.3 Å². The fraction of sp³-hybridized carbons (Fsp3) is 0.556. The van der Waals surface area contributed by atoms with Gasteiger partial charge in [-0.2, -0.15) is 0 Å². The third-order valence-electron chi connectivity index (χ3n) is 5.12. The molecule has 2 heterocycles. The summed E-state index contributed by atoms with van der Waals surface area (Å²) in [7, 11) is 1.63. The summed E-state index contributed by atoms with van der Waals surface area (Å²) in [5.74, 6) is 0.0482. The molecular weight excluding hydrogens is 308 g/mol. The number of carbonyl (C=O) groups is 2. The van der Waals surface area contributed by atoms with Gasteiger partial charge in [-0.1, -0.05) is 0 Å². The highest BCUT2D eigenvalue weighted by molar-refractivity contribution is 6.00. The molecular formula is C18H24N2O4. The van der Waals surface area contributed by atoms with Crippen LogP contribution in [0.25, 0.3) is 0 Å². The van der Waals surface area contributed by atoms with Gasteiger partial charge in [0.05, 0.1) is 6.61 Å². The van der Waals surface area contributed by atoms with Gasteiger partial charge in [0.25, 0.3) is 5.91 Å². The Labute approximate surface area is 142 Å². The van der Waals surface area contributed by atoms with Crippen molar-refractivity contribution in [3.8, 4) is 5.75 Å². The summed E-state index contributed by atoms with van der Waals surface area (Å²) in [5, 5.41) is 9.41. The molecule has 6 heteroatoms. The molecule has 2 saturated heterocycles. The van der Waals surface area contributed by atoms with E-state index >= 15 is 0 Å². The van der Waals surface area contributed by atoms with Gasteiger partial charge in [-0.25, -0.2) is 0 Å². The number of methoxy groups -OCH3 is 1. The lowest BCUT2D eigenvalue weighted by atomic mass is 9.85. The highest BCUT2D eigenvalue weighted by atomic mass is 16.5. The van der Waals surface area contributed by atoms with E-state index in [-0.39, 0.29) is 17.6 Å². The minimum absolute atomic E-state index is 0.0513. The Morgan fingerprint density at radius 1 is 1.21 bits per heavy atom. The Morgan fingerprint density at radius 3 is 2.54 bits per heavy atom. The number of amides is 2. The molecule has 6 nitrogen and oxygen atoms in total. The van der Waals surface area contributed by atoms with E-state index in [1.165, 1.54) is 12.1 Å². The predicted octanol–water partition coefficient (Wildman–Crippen LogP) is 1.64. The van der Waals surface area contributed by atoms with E-state index in [4.69, 9.17) is 4.74 Å². The second-order valence-electron chi connectivity index (χ2n) is 6.53. The molecule has 1 unspecified atom stereocenters. The number of nitrogens with zero attached hydrogens (tertiary/aromatic N) is 2. The number of rotatable bonds is 4. The van der Waals surface area contributed by atoms with Crippen LogP contribution in [0.5, 0.6) is 5.75 Å². The van der Waals surface area contributed by atoms with Crippen molar-refractivity contribution in [1.82, 2.24) is 9.80 Å². The standard InChI is InChI=1S/C18H24N2O4/c1-24-13-12-19-10-2-8-18(17(19)23)9-3-11-20(18)16(22)14-4-6-15(21)7-5-14/h4-7,21H,2-3,8-13H2,1H3. The predicted molar refractivity (Wildman–Crippen MR) is 88.8 cm³/mol. The first kappa shape index (κ1) is 16.8. The van der Waals surface area contributed by atoms with Crippen molar-refractivity contribution in [1.29, 1.82) is 0 Å². The molecule has 1 spiro atoms. The van der Waals surface area contributed by atoms with Crippen LogP contribution >= 0.6 is 0 Å². The SMILES string of the molecule is COCCN1CCCC2(CCCN2C(=O)c2ccc(O)cc2)C1=O. The molecule has 1 aromatic rings. The first-order chi connectivity index (χ1) is 11.6. The molecule has 2 fully saturated rings. The summed E-state index contributed by atoms with van der Waals surface area (Å²) in [5.41, 5.74) is -0.197. The zero-order valence-electron chi connectivity index (χ0n) is 14.0. The Hall–Kier alpha value is -2.08. The second-order valence-corrected chi connectivity index (χ2v) is 6.53. The first-order valence-electron chi connectivity index (χ1n) is 8.48. The van der Waals surface area contributed by atoms with Gasteiger partial charge in [-0.3, -0.25) is 9.59 Å². The molecule has 0 radical (unpaired) electrons. The van der Waals surface area contributed by atoms with E-state index in [2.05, 4.69) is 0 Å². The van der Waals surface area contributed by atoms with Crippen molar-refractivity contribution >= 4 is 11.8 Å². The molecule has 0 aromatic heterocycles. The molecule has 130 valence electrons. The fourth-order valence-electron chi connectivity index (χ4n) is 3.90. The zero-order chi connectivity index (χ0) is 17.2. The Bertz CT molecular complexity index is 616. The Morgan fingerprint density at radius 2 is 1.88 bits per heavy atom. The van der Waals surface area contributed by atoms with Gasteiger partial charge < -0.3 is 19.6 Å². The second kappa shape index (κ2) is 6.81. The van der Waals surface area contributed by atoms with Gasteiger partial charge in [-0.05, 0) is 49.9 Å². The molecule has 0 saturated carbocycles. The molecule has 1 atom stereocenters. The first-order valence-corrected chi connectivity index (χ1v) is 8.48. The van der Waals surface area contributed by atoms with Crippen molar-refractivity contribution < 1.29 is 19.4 Å². The van der Waals surface area contributed by atoms with Crippen LogP contribution < -0.4 is 0 Å². The van der Waals surface area contributed by atoms with Crippen molar-refractivity contribution in [3.05, 3.63) is 29.8 Å². The molecule has 0 bridgehead atoms. The molecule has 1 N–H and O–H groups in total. The average Bonchev–Trinajstić information content (AvgIpc) is 3.01. The van der Waals surface area contributed by atoms with Crippen LogP contribution in [0.3, 0.4) is 0 Å². The van der Waals surface area contributed by atoms with Crippen molar-refractivity contribution in [2.45, 2.75) is 31.2 Å². The van der Waals surface area contributed by atoms with Gasteiger partial charge in [-0.15, -0.1) is 0 Å². The maximum absolute atomic E-state index is 13.1.